The molecule has 0 bridgehead atoms. The van der Waals surface area contributed by atoms with Crippen LogP contribution in [0.2, 0.25) is 0 Å². The maximum atomic E-state index is 11.4. The van der Waals surface area contributed by atoms with Crippen LogP contribution in [0.15, 0.2) is 33.9 Å². The molecule has 16 heavy (non-hydrogen) atoms. The molecule has 0 radical (unpaired) electrons. The number of carbonyl (C=O) groups is 1. The summed E-state index contributed by atoms with van der Waals surface area (Å²) in [6.45, 7) is 1.72. The number of hydrogen-bond donors (Lipinski definition) is 1. The summed E-state index contributed by atoms with van der Waals surface area (Å²) in [6.07, 6.45) is 0. The van der Waals surface area contributed by atoms with E-state index in [2.05, 4.69) is 21.1 Å². The van der Waals surface area contributed by atoms with Gasteiger partial charge in [0.2, 0.25) is 0 Å². The van der Waals surface area contributed by atoms with Crippen molar-refractivity contribution in [3.05, 3.63) is 34.3 Å². The van der Waals surface area contributed by atoms with Gasteiger partial charge < -0.3 is 9.94 Å². The Hall–Kier alpha value is -1.36. The van der Waals surface area contributed by atoms with Gasteiger partial charge >= 0.3 is 5.97 Å². The standard InChI is InChI=1S/C11H10BrNO3/c1-7-11(10(14)15,6-16-13-7)8-2-4-9(12)5-3-8/h2-5H,6H2,1H3,(H,14,15). The molecule has 0 saturated carbocycles. The fourth-order valence-electron chi connectivity index (χ4n) is 1.77. The Kier molecular flexibility index (Phi) is 2.71. The number of halogens is 1. The molecule has 1 unspecified atom stereocenters. The van der Waals surface area contributed by atoms with Crippen LogP contribution in [0.4, 0.5) is 0 Å². The second-order valence-electron chi connectivity index (χ2n) is 3.67. The van der Waals surface area contributed by atoms with Gasteiger partial charge in [0.05, 0.1) is 5.71 Å². The maximum Gasteiger partial charge on any atom is 0.323 e. The SMILES string of the molecule is CC1=NOCC1(C(=O)O)c1ccc(Br)cc1. The molecule has 1 aromatic rings. The van der Waals surface area contributed by atoms with Crippen LogP contribution in [0.5, 0.6) is 0 Å². The minimum atomic E-state index is -1.14. The first kappa shape index (κ1) is 11.1. The second kappa shape index (κ2) is 3.90. The van der Waals surface area contributed by atoms with Crippen molar-refractivity contribution in [2.24, 2.45) is 5.16 Å². The Balaban J connectivity index is 2.53. The van der Waals surface area contributed by atoms with Crippen molar-refractivity contribution in [3.8, 4) is 0 Å². The summed E-state index contributed by atoms with van der Waals surface area (Å²) in [5.41, 5.74) is 0.0185. The van der Waals surface area contributed by atoms with Gasteiger partial charge in [-0.1, -0.05) is 33.2 Å². The molecular formula is C11H10BrNO3. The predicted molar refractivity (Wildman–Crippen MR) is 62.5 cm³/mol. The van der Waals surface area contributed by atoms with Gasteiger partial charge in [-0.25, -0.2) is 0 Å². The fourth-order valence-corrected chi connectivity index (χ4v) is 2.04. The smallest absolute Gasteiger partial charge is 0.323 e. The van der Waals surface area contributed by atoms with Crippen molar-refractivity contribution in [1.82, 2.24) is 0 Å². The van der Waals surface area contributed by atoms with E-state index in [1.807, 2.05) is 12.1 Å². The second-order valence-corrected chi connectivity index (χ2v) is 4.58. The number of rotatable bonds is 2. The molecule has 1 heterocycles. The molecule has 0 aromatic heterocycles. The first-order chi connectivity index (χ1) is 7.57. The average molecular weight is 284 g/mol. The molecule has 84 valence electrons. The summed E-state index contributed by atoms with van der Waals surface area (Å²) in [6, 6.07) is 7.16. The van der Waals surface area contributed by atoms with Crippen LogP contribution in [-0.2, 0) is 15.0 Å². The third kappa shape index (κ3) is 1.51. The molecule has 0 fully saturated rings. The lowest BCUT2D eigenvalue weighted by molar-refractivity contribution is -0.142. The largest absolute Gasteiger partial charge is 0.480 e. The lowest BCUT2D eigenvalue weighted by Crippen LogP contribution is -2.43. The van der Waals surface area contributed by atoms with Gasteiger partial charge in [0.25, 0.3) is 0 Å². The van der Waals surface area contributed by atoms with Crippen LogP contribution in [0.1, 0.15) is 12.5 Å². The minimum Gasteiger partial charge on any atom is -0.480 e. The van der Waals surface area contributed by atoms with E-state index in [9.17, 15) is 9.90 Å². The lowest BCUT2D eigenvalue weighted by atomic mass is 9.78. The van der Waals surface area contributed by atoms with E-state index in [0.29, 0.717) is 11.3 Å². The monoisotopic (exact) mass is 283 g/mol. The van der Waals surface area contributed by atoms with Crippen molar-refractivity contribution < 1.29 is 14.7 Å². The molecule has 1 aliphatic heterocycles. The highest BCUT2D eigenvalue weighted by atomic mass is 79.9. The molecule has 5 heteroatoms. The Labute approximate surface area is 101 Å². The minimum absolute atomic E-state index is 0.0514. The number of hydrogen-bond acceptors (Lipinski definition) is 3. The Morgan fingerprint density at radius 1 is 1.50 bits per heavy atom. The van der Waals surface area contributed by atoms with Gasteiger partial charge in [0, 0.05) is 4.47 Å². The summed E-state index contributed by atoms with van der Waals surface area (Å²) < 4.78 is 0.908. The number of benzene rings is 1. The van der Waals surface area contributed by atoms with Crippen molar-refractivity contribution in [3.63, 3.8) is 0 Å². The molecule has 1 N–H and O–H groups in total. The van der Waals surface area contributed by atoms with E-state index in [1.54, 1.807) is 19.1 Å². The molecule has 0 spiro atoms. The van der Waals surface area contributed by atoms with Crippen molar-refractivity contribution >= 4 is 27.6 Å². The normalized spacial score (nSPS) is 23.8. The van der Waals surface area contributed by atoms with Crippen molar-refractivity contribution in [2.75, 3.05) is 6.61 Å². The van der Waals surface area contributed by atoms with Crippen LogP contribution >= 0.6 is 15.9 Å². The van der Waals surface area contributed by atoms with Gasteiger partial charge in [-0.3, -0.25) is 4.79 Å². The molecule has 4 nitrogen and oxygen atoms in total. The number of carboxylic acids is 1. The Bertz CT molecular complexity index is 455. The summed E-state index contributed by atoms with van der Waals surface area (Å²) >= 11 is 3.31. The van der Waals surface area contributed by atoms with E-state index in [1.165, 1.54) is 0 Å². The number of nitrogens with zero attached hydrogens (tertiary/aromatic N) is 1. The predicted octanol–water partition coefficient (Wildman–Crippen LogP) is 2.18. The van der Waals surface area contributed by atoms with Gasteiger partial charge in [-0.15, -0.1) is 0 Å². The molecule has 1 aromatic carbocycles. The van der Waals surface area contributed by atoms with E-state index in [-0.39, 0.29) is 6.61 Å². The first-order valence-electron chi connectivity index (χ1n) is 4.74. The fraction of sp³-hybridized carbons (Fsp3) is 0.273. The van der Waals surface area contributed by atoms with Gasteiger partial charge in [-0.2, -0.15) is 0 Å². The van der Waals surface area contributed by atoms with E-state index < -0.39 is 11.4 Å². The van der Waals surface area contributed by atoms with Crippen LogP contribution in [-0.4, -0.2) is 23.4 Å². The van der Waals surface area contributed by atoms with Gasteiger partial charge in [0.15, 0.2) is 5.41 Å². The number of carboxylic acid groups (broad SMARTS) is 1. The zero-order valence-electron chi connectivity index (χ0n) is 8.61. The summed E-state index contributed by atoms with van der Waals surface area (Å²) in [5.74, 6) is -0.937. The van der Waals surface area contributed by atoms with E-state index in [0.717, 1.165) is 4.47 Å². The molecule has 0 amide bonds. The van der Waals surface area contributed by atoms with E-state index >= 15 is 0 Å². The molecule has 1 atom stereocenters. The third-order valence-corrected chi connectivity index (χ3v) is 3.33. The molecular weight excluding hydrogens is 274 g/mol. The molecule has 0 saturated heterocycles. The Morgan fingerprint density at radius 3 is 2.56 bits per heavy atom. The summed E-state index contributed by atoms with van der Waals surface area (Å²) in [4.78, 5) is 16.4. The zero-order valence-corrected chi connectivity index (χ0v) is 10.2. The average Bonchev–Trinajstić information content (AvgIpc) is 2.62. The number of aliphatic carboxylic acids is 1. The maximum absolute atomic E-state index is 11.4. The molecule has 2 rings (SSSR count). The topological polar surface area (TPSA) is 58.9 Å². The quantitative estimate of drug-likeness (QED) is 0.905. The van der Waals surface area contributed by atoms with E-state index in [4.69, 9.17) is 4.84 Å². The van der Waals surface area contributed by atoms with Crippen molar-refractivity contribution in [2.45, 2.75) is 12.3 Å². The molecule has 0 aliphatic carbocycles. The van der Waals surface area contributed by atoms with Crippen molar-refractivity contribution in [1.29, 1.82) is 0 Å². The Morgan fingerprint density at radius 2 is 2.12 bits per heavy atom. The number of oxime groups is 1. The van der Waals surface area contributed by atoms with Gasteiger partial charge in [0.1, 0.15) is 6.61 Å². The highest BCUT2D eigenvalue weighted by molar-refractivity contribution is 9.10. The highest BCUT2D eigenvalue weighted by Crippen LogP contribution is 2.32. The van der Waals surface area contributed by atoms with Crippen LogP contribution in [0.25, 0.3) is 0 Å². The zero-order chi connectivity index (χ0) is 11.8. The molecule has 1 aliphatic rings. The van der Waals surface area contributed by atoms with Crippen LogP contribution < -0.4 is 0 Å². The van der Waals surface area contributed by atoms with Gasteiger partial charge in [-0.05, 0) is 24.6 Å². The lowest BCUT2D eigenvalue weighted by Gasteiger charge is -2.22. The first-order valence-corrected chi connectivity index (χ1v) is 5.53. The summed E-state index contributed by atoms with van der Waals surface area (Å²) in [7, 11) is 0. The highest BCUT2D eigenvalue weighted by Gasteiger charge is 2.48. The van der Waals surface area contributed by atoms with Crippen LogP contribution in [0, 0.1) is 0 Å². The summed E-state index contributed by atoms with van der Waals surface area (Å²) in [5, 5.41) is 13.1. The van der Waals surface area contributed by atoms with Crippen LogP contribution in [0.3, 0.4) is 0 Å². The third-order valence-electron chi connectivity index (χ3n) is 2.80.